The molecule has 0 fully saturated rings. The van der Waals surface area contributed by atoms with Crippen LogP contribution in [0.1, 0.15) is 48.2 Å². The molecule has 0 aliphatic carbocycles. The van der Waals surface area contributed by atoms with E-state index in [2.05, 4.69) is 13.8 Å². The molecule has 0 unspecified atom stereocenters. The van der Waals surface area contributed by atoms with Crippen molar-refractivity contribution in [1.82, 2.24) is 0 Å². The van der Waals surface area contributed by atoms with Gasteiger partial charge in [0.05, 0.1) is 6.16 Å². The maximum Gasteiger partial charge on any atom is 0.329 e. The van der Waals surface area contributed by atoms with Gasteiger partial charge in [-0.15, -0.1) is 0 Å². The fourth-order valence-corrected chi connectivity index (χ4v) is 2.44. The summed E-state index contributed by atoms with van der Waals surface area (Å²) in [5.41, 5.74) is 1.60. The molecule has 124 valence electrons. The second-order valence-electron chi connectivity index (χ2n) is 5.21. The molecule has 0 saturated carbocycles. The summed E-state index contributed by atoms with van der Waals surface area (Å²) in [5.74, 6) is -0.108. The first-order valence-electron chi connectivity index (χ1n) is 7.60. The van der Waals surface area contributed by atoms with Gasteiger partial charge in [-0.25, -0.2) is 0 Å². The van der Waals surface area contributed by atoms with E-state index >= 15 is 0 Å². The standard InChI is InChI=1S/C14H13O4P.C4H10/c15-14(12-4-2-1-3-5-12)13-8-6-11(7-9-13)10-19(16,17)18;1-3-4-2/h1-9H,10H2,(H2,16,17,18);3-4H2,1-2H3. The highest BCUT2D eigenvalue weighted by atomic mass is 31.2. The largest absolute Gasteiger partial charge is 0.329 e. The summed E-state index contributed by atoms with van der Waals surface area (Å²) < 4.78 is 10.9. The van der Waals surface area contributed by atoms with Gasteiger partial charge in [-0.1, -0.05) is 81.3 Å². The number of rotatable bonds is 5. The number of carbonyl (C=O) groups is 1. The maximum atomic E-state index is 12.1. The van der Waals surface area contributed by atoms with Crippen molar-refractivity contribution in [2.45, 2.75) is 32.9 Å². The van der Waals surface area contributed by atoms with Crippen LogP contribution < -0.4 is 0 Å². The highest BCUT2D eigenvalue weighted by Crippen LogP contribution is 2.38. The molecule has 0 bridgehead atoms. The summed E-state index contributed by atoms with van der Waals surface area (Å²) in [6.07, 6.45) is 2.33. The van der Waals surface area contributed by atoms with Gasteiger partial charge in [0.1, 0.15) is 0 Å². The minimum absolute atomic E-state index is 0.108. The van der Waals surface area contributed by atoms with E-state index in [1.54, 1.807) is 48.5 Å². The van der Waals surface area contributed by atoms with Crippen LogP contribution in [0.15, 0.2) is 54.6 Å². The minimum atomic E-state index is -4.07. The molecule has 0 aliphatic rings. The van der Waals surface area contributed by atoms with Crippen LogP contribution in [-0.2, 0) is 10.7 Å². The van der Waals surface area contributed by atoms with E-state index < -0.39 is 7.60 Å². The van der Waals surface area contributed by atoms with Crippen LogP contribution in [0, 0.1) is 0 Å². The summed E-state index contributed by atoms with van der Waals surface area (Å²) in [7, 11) is -4.07. The van der Waals surface area contributed by atoms with Gasteiger partial charge in [0.15, 0.2) is 5.78 Å². The van der Waals surface area contributed by atoms with Gasteiger partial charge >= 0.3 is 7.60 Å². The average molecular weight is 334 g/mol. The Kier molecular flexibility index (Phi) is 7.90. The van der Waals surface area contributed by atoms with Gasteiger partial charge in [-0.05, 0) is 5.56 Å². The highest BCUT2D eigenvalue weighted by molar-refractivity contribution is 7.50. The lowest BCUT2D eigenvalue weighted by Gasteiger charge is -2.05. The Morgan fingerprint density at radius 3 is 1.78 bits per heavy atom. The quantitative estimate of drug-likeness (QED) is 0.628. The molecule has 2 aromatic carbocycles. The van der Waals surface area contributed by atoms with E-state index in [4.69, 9.17) is 9.79 Å². The van der Waals surface area contributed by atoms with Crippen LogP contribution in [0.2, 0.25) is 0 Å². The van der Waals surface area contributed by atoms with E-state index in [0.29, 0.717) is 16.7 Å². The molecule has 0 heterocycles. The van der Waals surface area contributed by atoms with Crippen molar-refractivity contribution in [3.63, 3.8) is 0 Å². The van der Waals surface area contributed by atoms with E-state index in [0.717, 1.165) is 0 Å². The summed E-state index contributed by atoms with van der Waals surface area (Å²) in [5, 5.41) is 0. The normalized spacial score (nSPS) is 10.6. The fraction of sp³-hybridized carbons (Fsp3) is 0.278. The number of unbranched alkanes of at least 4 members (excludes halogenated alkanes) is 1. The highest BCUT2D eigenvalue weighted by Gasteiger charge is 2.14. The van der Waals surface area contributed by atoms with Crippen molar-refractivity contribution in [1.29, 1.82) is 0 Å². The summed E-state index contributed by atoms with van der Waals surface area (Å²) in [4.78, 5) is 29.8. The second kappa shape index (κ2) is 9.41. The van der Waals surface area contributed by atoms with E-state index in [1.165, 1.54) is 12.8 Å². The molecule has 23 heavy (non-hydrogen) atoms. The van der Waals surface area contributed by atoms with E-state index in [9.17, 15) is 9.36 Å². The number of carbonyl (C=O) groups excluding carboxylic acids is 1. The number of benzene rings is 2. The topological polar surface area (TPSA) is 74.6 Å². The first-order chi connectivity index (χ1) is 10.9. The molecule has 2 rings (SSSR count). The van der Waals surface area contributed by atoms with Crippen LogP contribution in [0.25, 0.3) is 0 Å². The Hall–Kier alpha value is -1.74. The van der Waals surface area contributed by atoms with Crippen LogP contribution >= 0.6 is 7.60 Å². The first kappa shape index (κ1) is 19.3. The predicted molar refractivity (Wildman–Crippen MR) is 92.6 cm³/mol. The van der Waals surface area contributed by atoms with Crippen LogP contribution in [-0.4, -0.2) is 15.6 Å². The van der Waals surface area contributed by atoms with E-state index in [-0.39, 0.29) is 11.9 Å². The maximum absolute atomic E-state index is 12.1. The first-order valence-corrected chi connectivity index (χ1v) is 9.40. The van der Waals surface area contributed by atoms with Crippen molar-refractivity contribution in [3.05, 3.63) is 71.3 Å². The smallest absolute Gasteiger partial charge is 0.324 e. The summed E-state index contributed by atoms with van der Waals surface area (Å²) >= 11 is 0. The Morgan fingerprint density at radius 2 is 1.35 bits per heavy atom. The third-order valence-corrected chi connectivity index (χ3v) is 3.92. The monoisotopic (exact) mass is 334 g/mol. The molecule has 2 N–H and O–H groups in total. The van der Waals surface area contributed by atoms with Gasteiger partial charge < -0.3 is 9.79 Å². The van der Waals surface area contributed by atoms with Crippen molar-refractivity contribution < 1.29 is 19.1 Å². The molecule has 0 amide bonds. The van der Waals surface area contributed by atoms with Gasteiger partial charge in [0.2, 0.25) is 0 Å². The van der Waals surface area contributed by atoms with Crippen molar-refractivity contribution >= 4 is 13.4 Å². The Balaban J connectivity index is 0.000000593. The van der Waals surface area contributed by atoms with Crippen molar-refractivity contribution in [2.24, 2.45) is 0 Å². The zero-order valence-corrected chi connectivity index (χ0v) is 14.4. The zero-order valence-electron chi connectivity index (χ0n) is 13.5. The van der Waals surface area contributed by atoms with Gasteiger partial charge in [-0.2, -0.15) is 0 Å². The van der Waals surface area contributed by atoms with Crippen LogP contribution in [0.3, 0.4) is 0 Å². The number of hydrogen-bond acceptors (Lipinski definition) is 2. The second-order valence-corrected chi connectivity index (χ2v) is 6.86. The zero-order chi connectivity index (χ0) is 17.3. The molecular formula is C18H23O4P. The van der Waals surface area contributed by atoms with Crippen molar-refractivity contribution in [3.8, 4) is 0 Å². The molecule has 0 aliphatic heterocycles. The molecule has 0 aromatic heterocycles. The van der Waals surface area contributed by atoms with E-state index in [1.807, 2.05) is 6.07 Å². The molecule has 4 nitrogen and oxygen atoms in total. The Morgan fingerprint density at radius 1 is 0.870 bits per heavy atom. The minimum Gasteiger partial charge on any atom is -0.324 e. The lowest BCUT2D eigenvalue weighted by atomic mass is 10.0. The lowest BCUT2D eigenvalue weighted by molar-refractivity contribution is 0.103. The van der Waals surface area contributed by atoms with Gasteiger partial charge in [-0.3, -0.25) is 9.36 Å². The van der Waals surface area contributed by atoms with Crippen LogP contribution in [0.4, 0.5) is 0 Å². The summed E-state index contributed by atoms with van der Waals surface area (Å²) in [6.45, 7) is 4.36. The molecule has 0 spiro atoms. The average Bonchev–Trinajstić information content (AvgIpc) is 2.54. The molecule has 0 radical (unpaired) electrons. The summed E-state index contributed by atoms with van der Waals surface area (Å²) in [6, 6.07) is 15.2. The third kappa shape index (κ3) is 7.38. The van der Waals surface area contributed by atoms with Gasteiger partial charge in [0, 0.05) is 11.1 Å². The third-order valence-electron chi connectivity index (χ3n) is 3.14. The van der Waals surface area contributed by atoms with Crippen molar-refractivity contribution in [2.75, 3.05) is 0 Å². The molecule has 2 aromatic rings. The SMILES string of the molecule is CCCC.O=C(c1ccccc1)c1ccc(CP(=O)(O)O)cc1. The molecule has 0 saturated heterocycles. The molecule has 5 heteroatoms. The van der Waals surface area contributed by atoms with Gasteiger partial charge in [0.25, 0.3) is 0 Å². The number of ketones is 1. The number of hydrogen-bond donors (Lipinski definition) is 2. The Labute approximate surface area is 137 Å². The lowest BCUT2D eigenvalue weighted by Crippen LogP contribution is -2.01. The Bertz CT molecular complexity index is 642. The molecular weight excluding hydrogens is 311 g/mol. The predicted octanol–water partition coefficient (Wildman–Crippen LogP) is 4.40. The molecule has 0 atom stereocenters. The van der Waals surface area contributed by atoms with Crippen LogP contribution in [0.5, 0.6) is 0 Å². The fourth-order valence-electron chi connectivity index (χ4n) is 1.76.